The van der Waals surface area contributed by atoms with Gasteiger partial charge >= 0.3 is 0 Å². The van der Waals surface area contributed by atoms with Crippen LogP contribution >= 0.6 is 15.9 Å². The van der Waals surface area contributed by atoms with Gasteiger partial charge in [-0.25, -0.2) is 0 Å². The van der Waals surface area contributed by atoms with E-state index in [0.717, 1.165) is 22.4 Å². The van der Waals surface area contributed by atoms with Gasteiger partial charge in [0.2, 0.25) is 5.91 Å². The van der Waals surface area contributed by atoms with E-state index in [2.05, 4.69) is 15.9 Å². The summed E-state index contributed by atoms with van der Waals surface area (Å²) in [6, 6.07) is 5.98. The molecule has 0 saturated carbocycles. The Morgan fingerprint density at radius 2 is 2.18 bits per heavy atom. The summed E-state index contributed by atoms with van der Waals surface area (Å²) in [5.41, 5.74) is 2.01. The van der Waals surface area contributed by atoms with Crippen molar-refractivity contribution in [1.82, 2.24) is 0 Å². The summed E-state index contributed by atoms with van der Waals surface area (Å²) < 4.78 is 6.05. The Morgan fingerprint density at radius 3 is 2.88 bits per heavy atom. The van der Waals surface area contributed by atoms with Crippen molar-refractivity contribution in [3.05, 3.63) is 22.7 Å². The van der Waals surface area contributed by atoms with Gasteiger partial charge in [-0.2, -0.15) is 0 Å². The summed E-state index contributed by atoms with van der Waals surface area (Å²) in [5, 5.41) is 0. The average molecular weight is 299 g/mol. The maximum atomic E-state index is 11.9. The maximum absolute atomic E-state index is 11.9. The van der Waals surface area contributed by atoms with Gasteiger partial charge in [0.25, 0.3) is 0 Å². The van der Waals surface area contributed by atoms with E-state index in [1.54, 1.807) is 19.1 Å². The molecule has 0 spiro atoms. The predicted octanol–water partition coefficient (Wildman–Crippen LogP) is 1.88. The molecule has 0 saturated heterocycles. The molecule has 0 radical (unpaired) electrons. The van der Waals surface area contributed by atoms with Crippen LogP contribution in [0.5, 0.6) is 0 Å². The quantitative estimate of drug-likeness (QED) is 0.854. The first-order valence-corrected chi connectivity index (χ1v) is 6.23. The zero-order valence-corrected chi connectivity index (χ0v) is 11.5. The number of amides is 1. The molecule has 1 aromatic rings. The highest BCUT2D eigenvalue weighted by Crippen LogP contribution is 2.34. The molecule has 1 aliphatic rings. The van der Waals surface area contributed by atoms with Crippen LogP contribution in [0.15, 0.2) is 22.7 Å². The van der Waals surface area contributed by atoms with E-state index in [9.17, 15) is 4.79 Å². The summed E-state index contributed by atoms with van der Waals surface area (Å²) in [4.78, 5) is 15.6. The molecule has 1 heterocycles. The number of benzene rings is 1. The van der Waals surface area contributed by atoms with Crippen molar-refractivity contribution in [2.45, 2.75) is 0 Å². The standard InChI is InChI=1S/C12H15BrN2O2/c1-14-11-7-9(13)3-4-10(11)15(5-6-17-2)8-12(14)16/h3-4,7H,5-6,8H2,1-2H3. The molecule has 0 aliphatic carbocycles. The molecule has 1 amide bonds. The number of hydrogen-bond acceptors (Lipinski definition) is 3. The van der Waals surface area contributed by atoms with Crippen molar-refractivity contribution in [2.24, 2.45) is 0 Å². The van der Waals surface area contributed by atoms with Crippen LogP contribution in [0.25, 0.3) is 0 Å². The van der Waals surface area contributed by atoms with Crippen molar-refractivity contribution < 1.29 is 9.53 Å². The summed E-state index contributed by atoms with van der Waals surface area (Å²) in [6.07, 6.45) is 0. The third-order valence-corrected chi connectivity index (χ3v) is 3.40. The third-order valence-electron chi connectivity index (χ3n) is 2.91. The highest BCUT2D eigenvalue weighted by molar-refractivity contribution is 9.10. The maximum Gasteiger partial charge on any atom is 0.246 e. The fourth-order valence-corrected chi connectivity index (χ4v) is 2.27. The van der Waals surface area contributed by atoms with Crippen LogP contribution in [0.1, 0.15) is 0 Å². The number of hydrogen-bond donors (Lipinski definition) is 0. The van der Waals surface area contributed by atoms with Gasteiger partial charge in [0.1, 0.15) is 0 Å². The Bertz CT molecular complexity index is 437. The monoisotopic (exact) mass is 298 g/mol. The molecular formula is C12H15BrN2O2. The van der Waals surface area contributed by atoms with Crippen LogP contribution < -0.4 is 9.80 Å². The highest BCUT2D eigenvalue weighted by Gasteiger charge is 2.26. The topological polar surface area (TPSA) is 32.8 Å². The highest BCUT2D eigenvalue weighted by atomic mass is 79.9. The van der Waals surface area contributed by atoms with Crippen LogP contribution in [0.4, 0.5) is 11.4 Å². The van der Waals surface area contributed by atoms with Crippen LogP contribution in [-0.4, -0.2) is 39.8 Å². The lowest BCUT2D eigenvalue weighted by molar-refractivity contribution is -0.117. The van der Waals surface area contributed by atoms with Gasteiger partial charge < -0.3 is 14.5 Å². The van der Waals surface area contributed by atoms with Gasteiger partial charge in [-0.05, 0) is 18.2 Å². The number of carbonyl (C=O) groups excluding carboxylic acids is 1. The molecule has 0 aromatic heterocycles. The number of anilines is 2. The van der Waals surface area contributed by atoms with E-state index < -0.39 is 0 Å². The molecule has 0 N–H and O–H groups in total. The number of likely N-dealkylation sites (N-methyl/N-ethyl adjacent to an activating group) is 1. The Morgan fingerprint density at radius 1 is 1.41 bits per heavy atom. The summed E-state index contributed by atoms with van der Waals surface area (Å²) >= 11 is 3.43. The molecule has 1 aromatic carbocycles. The fourth-order valence-electron chi connectivity index (χ4n) is 1.92. The molecule has 0 atom stereocenters. The van der Waals surface area contributed by atoms with E-state index in [1.165, 1.54) is 0 Å². The van der Waals surface area contributed by atoms with Gasteiger partial charge in [0, 0.05) is 25.2 Å². The lowest BCUT2D eigenvalue weighted by Gasteiger charge is -2.35. The summed E-state index contributed by atoms with van der Waals surface area (Å²) in [6.45, 7) is 1.76. The molecule has 4 nitrogen and oxygen atoms in total. The number of halogens is 1. The van der Waals surface area contributed by atoms with Crippen molar-refractivity contribution in [3.8, 4) is 0 Å². The normalized spacial score (nSPS) is 15.1. The molecular weight excluding hydrogens is 284 g/mol. The predicted molar refractivity (Wildman–Crippen MR) is 71.6 cm³/mol. The second-order valence-corrected chi connectivity index (χ2v) is 4.92. The Balaban J connectivity index is 2.35. The van der Waals surface area contributed by atoms with Gasteiger partial charge in [0.05, 0.1) is 24.5 Å². The minimum atomic E-state index is 0.103. The average Bonchev–Trinajstić information content (AvgIpc) is 2.32. The van der Waals surface area contributed by atoms with Gasteiger partial charge in [0.15, 0.2) is 0 Å². The van der Waals surface area contributed by atoms with E-state index in [-0.39, 0.29) is 5.91 Å². The van der Waals surface area contributed by atoms with Crippen molar-refractivity contribution in [3.63, 3.8) is 0 Å². The number of carbonyl (C=O) groups is 1. The lowest BCUT2D eigenvalue weighted by atomic mass is 10.1. The Hall–Kier alpha value is -1.07. The minimum Gasteiger partial charge on any atom is -0.383 e. The van der Waals surface area contributed by atoms with Gasteiger partial charge in [-0.3, -0.25) is 4.79 Å². The van der Waals surface area contributed by atoms with E-state index >= 15 is 0 Å². The minimum absolute atomic E-state index is 0.103. The summed E-state index contributed by atoms with van der Waals surface area (Å²) in [5.74, 6) is 0.103. The second kappa shape index (κ2) is 5.06. The zero-order chi connectivity index (χ0) is 12.4. The largest absolute Gasteiger partial charge is 0.383 e. The van der Waals surface area contributed by atoms with Crippen LogP contribution in [0, 0.1) is 0 Å². The molecule has 17 heavy (non-hydrogen) atoms. The molecule has 0 fully saturated rings. The second-order valence-electron chi connectivity index (χ2n) is 4.00. The van der Waals surface area contributed by atoms with E-state index in [4.69, 9.17) is 4.74 Å². The number of methoxy groups -OCH3 is 1. The SMILES string of the molecule is COCCN1CC(=O)N(C)c2cc(Br)ccc21. The molecule has 1 aliphatic heterocycles. The van der Waals surface area contributed by atoms with Gasteiger partial charge in [-0.15, -0.1) is 0 Å². The fraction of sp³-hybridized carbons (Fsp3) is 0.417. The van der Waals surface area contributed by atoms with Gasteiger partial charge in [-0.1, -0.05) is 15.9 Å². The summed E-state index contributed by atoms with van der Waals surface area (Å²) in [7, 11) is 3.47. The first-order valence-electron chi connectivity index (χ1n) is 5.43. The molecule has 92 valence electrons. The number of rotatable bonds is 3. The van der Waals surface area contributed by atoms with Crippen LogP contribution in [0.2, 0.25) is 0 Å². The molecule has 2 rings (SSSR count). The number of nitrogens with zero attached hydrogens (tertiary/aromatic N) is 2. The smallest absolute Gasteiger partial charge is 0.246 e. The third kappa shape index (κ3) is 2.45. The van der Waals surface area contributed by atoms with Crippen molar-refractivity contribution in [1.29, 1.82) is 0 Å². The first-order chi connectivity index (χ1) is 8.13. The number of ether oxygens (including phenoxy) is 1. The van der Waals surface area contributed by atoms with Crippen molar-refractivity contribution >= 4 is 33.2 Å². The van der Waals surface area contributed by atoms with Crippen LogP contribution in [0.3, 0.4) is 0 Å². The van der Waals surface area contributed by atoms with E-state index in [1.807, 2.05) is 23.1 Å². The molecule has 5 heteroatoms. The van der Waals surface area contributed by atoms with Crippen molar-refractivity contribution in [2.75, 3.05) is 43.7 Å². The number of fused-ring (bicyclic) bond motifs is 1. The molecule has 0 bridgehead atoms. The van der Waals surface area contributed by atoms with Crippen LogP contribution in [-0.2, 0) is 9.53 Å². The Kier molecular flexibility index (Phi) is 3.69. The molecule has 0 unspecified atom stereocenters. The van der Waals surface area contributed by atoms with E-state index in [0.29, 0.717) is 13.2 Å². The lowest BCUT2D eigenvalue weighted by Crippen LogP contribution is -2.45. The Labute approximate surface area is 109 Å². The first kappa shape index (κ1) is 12.4. The zero-order valence-electron chi connectivity index (χ0n) is 9.94.